The quantitative estimate of drug-likeness (QED) is 0.724. The summed E-state index contributed by atoms with van der Waals surface area (Å²) in [6, 6.07) is 13.1. The highest BCUT2D eigenvalue weighted by atomic mass is 35.5. The molecule has 2 aromatic rings. The first-order valence-electron chi connectivity index (χ1n) is 5.84. The van der Waals surface area contributed by atoms with Crippen LogP contribution in [0.4, 0.5) is 4.39 Å². The summed E-state index contributed by atoms with van der Waals surface area (Å²) in [6.07, 6.45) is 0. The van der Waals surface area contributed by atoms with Crippen LogP contribution in [0.2, 0.25) is 5.02 Å². The molecule has 1 nitrogen and oxygen atoms in total. The molecule has 0 aliphatic rings. The predicted octanol–water partition coefficient (Wildman–Crippen LogP) is 4.92. The summed E-state index contributed by atoms with van der Waals surface area (Å²) in [5, 5.41) is 0.397. The molecule has 2 rings (SSSR count). The van der Waals surface area contributed by atoms with Crippen molar-refractivity contribution < 1.29 is 9.13 Å². The Bertz CT molecular complexity index is 545. The van der Waals surface area contributed by atoms with Crippen LogP contribution in [-0.2, 0) is 17.1 Å². The van der Waals surface area contributed by atoms with Gasteiger partial charge in [0.05, 0.1) is 6.61 Å². The smallest absolute Gasteiger partial charge is 0.138 e. The zero-order valence-electron chi connectivity index (χ0n) is 10.5. The number of hydrogen-bond donors (Lipinski definition) is 0. The molecule has 0 unspecified atom stereocenters. The van der Waals surface area contributed by atoms with E-state index >= 15 is 0 Å². The minimum absolute atomic E-state index is 0.291. The van der Waals surface area contributed by atoms with Crippen molar-refractivity contribution in [3.05, 3.63) is 64.4 Å². The summed E-state index contributed by atoms with van der Waals surface area (Å²) in [4.78, 5) is 0.607. The molecule has 100 valence electrons. The fourth-order valence-electron chi connectivity index (χ4n) is 1.77. The van der Waals surface area contributed by atoms with E-state index in [9.17, 15) is 4.39 Å². The van der Waals surface area contributed by atoms with Crippen LogP contribution in [0.5, 0.6) is 0 Å². The highest BCUT2D eigenvalue weighted by Crippen LogP contribution is 2.31. The maximum atomic E-state index is 14.0. The van der Waals surface area contributed by atoms with Gasteiger partial charge in [-0.3, -0.25) is 0 Å². The molecule has 0 aliphatic carbocycles. The van der Waals surface area contributed by atoms with Crippen LogP contribution in [-0.4, -0.2) is 7.11 Å². The highest BCUT2D eigenvalue weighted by Gasteiger charge is 2.11. The van der Waals surface area contributed by atoms with Gasteiger partial charge < -0.3 is 4.74 Å². The SMILES string of the molecule is COCc1cc(Cl)cc(F)c1SCc1ccccc1. The predicted molar refractivity (Wildman–Crippen MR) is 78.1 cm³/mol. The lowest BCUT2D eigenvalue weighted by Crippen LogP contribution is -1.95. The molecular weight excluding hydrogens is 283 g/mol. The van der Waals surface area contributed by atoms with Crippen molar-refractivity contribution in [3.8, 4) is 0 Å². The summed E-state index contributed by atoms with van der Waals surface area (Å²) in [6.45, 7) is 0.356. The summed E-state index contributed by atoms with van der Waals surface area (Å²) < 4.78 is 19.1. The lowest BCUT2D eigenvalue weighted by atomic mass is 10.2. The van der Waals surface area contributed by atoms with Crippen molar-refractivity contribution in [1.29, 1.82) is 0 Å². The maximum Gasteiger partial charge on any atom is 0.138 e. The van der Waals surface area contributed by atoms with E-state index < -0.39 is 0 Å². The Hall–Kier alpha value is -1.03. The van der Waals surface area contributed by atoms with Gasteiger partial charge in [0, 0.05) is 22.8 Å². The summed E-state index contributed by atoms with van der Waals surface area (Å²) in [7, 11) is 1.59. The maximum absolute atomic E-state index is 14.0. The van der Waals surface area contributed by atoms with Crippen molar-refractivity contribution in [3.63, 3.8) is 0 Å². The Labute approximate surface area is 121 Å². The van der Waals surface area contributed by atoms with E-state index in [2.05, 4.69) is 0 Å². The first-order chi connectivity index (χ1) is 9.20. The van der Waals surface area contributed by atoms with E-state index in [1.165, 1.54) is 17.8 Å². The Morgan fingerprint density at radius 3 is 2.63 bits per heavy atom. The molecule has 2 aromatic carbocycles. The van der Waals surface area contributed by atoms with Crippen LogP contribution in [0, 0.1) is 5.82 Å². The summed E-state index contributed by atoms with van der Waals surface area (Å²) >= 11 is 7.33. The molecule has 0 bridgehead atoms. The number of rotatable bonds is 5. The van der Waals surface area contributed by atoms with Crippen LogP contribution in [0.3, 0.4) is 0 Å². The molecule has 0 N–H and O–H groups in total. The fraction of sp³-hybridized carbons (Fsp3) is 0.200. The van der Waals surface area contributed by atoms with Gasteiger partial charge in [0.2, 0.25) is 0 Å². The van der Waals surface area contributed by atoms with Crippen molar-refractivity contribution in [2.24, 2.45) is 0 Å². The largest absolute Gasteiger partial charge is 0.380 e. The number of methoxy groups -OCH3 is 1. The van der Waals surface area contributed by atoms with Gasteiger partial charge >= 0.3 is 0 Å². The summed E-state index contributed by atoms with van der Waals surface area (Å²) in [5.41, 5.74) is 1.94. The minimum atomic E-state index is -0.291. The number of halogens is 2. The number of hydrogen-bond acceptors (Lipinski definition) is 2. The first-order valence-corrected chi connectivity index (χ1v) is 7.20. The monoisotopic (exact) mass is 296 g/mol. The van der Waals surface area contributed by atoms with E-state index in [0.29, 0.717) is 16.5 Å². The van der Waals surface area contributed by atoms with Crippen LogP contribution in [0.1, 0.15) is 11.1 Å². The van der Waals surface area contributed by atoms with Gasteiger partial charge in [0.1, 0.15) is 5.82 Å². The molecule has 0 saturated carbocycles. The third-order valence-corrected chi connectivity index (χ3v) is 4.05. The van der Waals surface area contributed by atoms with Crippen LogP contribution in [0.15, 0.2) is 47.4 Å². The second-order valence-electron chi connectivity index (χ2n) is 4.08. The molecule has 0 spiro atoms. The van der Waals surface area contributed by atoms with E-state index in [1.54, 1.807) is 13.2 Å². The van der Waals surface area contributed by atoms with Crippen molar-refractivity contribution >= 4 is 23.4 Å². The molecule has 0 atom stereocenters. The first kappa shape index (κ1) is 14.4. The second kappa shape index (κ2) is 6.94. The van der Waals surface area contributed by atoms with Crippen LogP contribution in [0.25, 0.3) is 0 Å². The zero-order chi connectivity index (χ0) is 13.7. The average Bonchev–Trinajstić information content (AvgIpc) is 2.39. The fourth-order valence-corrected chi connectivity index (χ4v) is 3.00. The third kappa shape index (κ3) is 3.96. The highest BCUT2D eigenvalue weighted by molar-refractivity contribution is 7.98. The van der Waals surface area contributed by atoms with E-state index in [4.69, 9.17) is 16.3 Å². The molecule has 0 saturated heterocycles. The molecule has 0 radical (unpaired) electrons. The second-order valence-corrected chi connectivity index (χ2v) is 5.51. The molecule has 0 aliphatic heterocycles. The van der Waals surface area contributed by atoms with Crippen molar-refractivity contribution in [2.75, 3.05) is 7.11 Å². The number of benzene rings is 2. The van der Waals surface area contributed by atoms with Gasteiger partial charge in [-0.05, 0) is 23.3 Å². The topological polar surface area (TPSA) is 9.23 Å². The summed E-state index contributed by atoms with van der Waals surface area (Å²) in [5.74, 6) is 0.427. The zero-order valence-corrected chi connectivity index (χ0v) is 12.1. The van der Waals surface area contributed by atoms with Gasteiger partial charge in [0.15, 0.2) is 0 Å². The Balaban J connectivity index is 2.19. The normalized spacial score (nSPS) is 10.7. The minimum Gasteiger partial charge on any atom is -0.380 e. The molecule has 0 aromatic heterocycles. The third-order valence-electron chi connectivity index (χ3n) is 2.61. The molecule has 0 heterocycles. The molecular formula is C15H14ClFOS. The van der Waals surface area contributed by atoms with E-state index in [0.717, 1.165) is 16.9 Å². The molecule has 0 amide bonds. The molecule has 0 fully saturated rings. The van der Waals surface area contributed by atoms with E-state index in [1.807, 2.05) is 30.3 Å². The molecule has 4 heteroatoms. The lowest BCUT2D eigenvalue weighted by molar-refractivity contribution is 0.182. The standard InChI is InChI=1S/C15H14ClFOS/c1-18-9-12-7-13(16)8-14(17)15(12)19-10-11-5-3-2-4-6-11/h2-8H,9-10H2,1H3. The Morgan fingerprint density at radius 2 is 1.95 bits per heavy atom. The Morgan fingerprint density at radius 1 is 1.21 bits per heavy atom. The van der Waals surface area contributed by atoms with E-state index in [-0.39, 0.29) is 5.82 Å². The van der Waals surface area contributed by atoms with Crippen LogP contribution < -0.4 is 0 Å². The van der Waals surface area contributed by atoms with Crippen LogP contribution >= 0.6 is 23.4 Å². The number of thioether (sulfide) groups is 1. The Kier molecular flexibility index (Phi) is 5.25. The molecule has 19 heavy (non-hydrogen) atoms. The van der Waals surface area contributed by atoms with Gasteiger partial charge in [-0.2, -0.15) is 0 Å². The van der Waals surface area contributed by atoms with Gasteiger partial charge in [0.25, 0.3) is 0 Å². The van der Waals surface area contributed by atoms with Crippen molar-refractivity contribution in [2.45, 2.75) is 17.3 Å². The van der Waals surface area contributed by atoms with Gasteiger partial charge in [-0.1, -0.05) is 41.9 Å². The lowest BCUT2D eigenvalue weighted by Gasteiger charge is -2.10. The van der Waals surface area contributed by atoms with Crippen molar-refractivity contribution in [1.82, 2.24) is 0 Å². The average molecular weight is 297 g/mol. The van der Waals surface area contributed by atoms with Gasteiger partial charge in [-0.15, -0.1) is 11.8 Å². The van der Waals surface area contributed by atoms with Gasteiger partial charge in [-0.25, -0.2) is 4.39 Å². The number of ether oxygens (including phenoxy) is 1.